The number of rotatable bonds is 16. The number of primary amides is 1. The Bertz CT molecular complexity index is 1200. The molecule has 1 aliphatic rings. The van der Waals surface area contributed by atoms with Crippen molar-refractivity contribution in [2.75, 3.05) is 6.61 Å². The fraction of sp³-hybridized carbons (Fsp3) is 0.556. The van der Waals surface area contributed by atoms with Gasteiger partial charge >= 0.3 is 0 Å². The first kappa shape index (κ1) is 33.8. The second-order valence-corrected chi connectivity index (χ2v) is 10.7. The lowest BCUT2D eigenvalue weighted by molar-refractivity contribution is -0.406. The molecule has 232 valence electrons. The summed E-state index contributed by atoms with van der Waals surface area (Å²) in [7, 11) is 0. The van der Waals surface area contributed by atoms with E-state index in [1.165, 1.54) is 19.1 Å². The molecule has 0 radical (unpaired) electrons. The van der Waals surface area contributed by atoms with Crippen LogP contribution >= 0.6 is 0 Å². The van der Waals surface area contributed by atoms with Gasteiger partial charge < -0.3 is 52.5 Å². The van der Waals surface area contributed by atoms with Crippen molar-refractivity contribution < 1.29 is 49.5 Å². The van der Waals surface area contributed by atoms with Crippen molar-refractivity contribution in [2.24, 2.45) is 11.7 Å². The lowest BCUT2D eigenvalue weighted by Gasteiger charge is -2.24. The molecule has 42 heavy (non-hydrogen) atoms. The summed E-state index contributed by atoms with van der Waals surface area (Å²) in [5.74, 6) is -4.76. The zero-order chi connectivity index (χ0) is 31.7. The van der Waals surface area contributed by atoms with Gasteiger partial charge in [0.25, 0.3) is 11.8 Å². The van der Waals surface area contributed by atoms with Crippen molar-refractivity contribution >= 4 is 35.5 Å². The first-order valence-corrected chi connectivity index (χ1v) is 13.6. The van der Waals surface area contributed by atoms with Gasteiger partial charge in [-0.3, -0.25) is 24.0 Å². The van der Waals surface area contributed by atoms with Crippen LogP contribution in [-0.4, -0.2) is 71.4 Å². The molecule has 0 bridgehead atoms. The van der Waals surface area contributed by atoms with E-state index >= 15 is 0 Å². The van der Waals surface area contributed by atoms with Crippen molar-refractivity contribution in [3.63, 3.8) is 0 Å². The first-order valence-electron chi connectivity index (χ1n) is 13.6. The van der Waals surface area contributed by atoms with E-state index in [0.29, 0.717) is 12.0 Å². The van der Waals surface area contributed by atoms with Crippen LogP contribution in [0.5, 0.6) is 11.5 Å². The van der Waals surface area contributed by atoms with Gasteiger partial charge in [-0.25, -0.2) is 0 Å². The molecule has 0 saturated heterocycles. The van der Waals surface area contributed by atoms with E-state index in [0.717, 1.165) is 0 Å². The number of quaternary nitrogens is 1. The summed E-state index contributed by atoms with van der Waals surface area (Å²) in [5, 5.41) is 31.4. The summed E-state index contributed by atoms with van der Waals surface area (Å²) in [6.45, 7) is 6.72. The van der Waals surface area contributed by atoms with Crippen molar-refractivity contribution in [1.29, 1.82) is 0 Å². The minimum absolute atomic E-state index is 0.0950. The lowest BCUT2D eigenvalue weighted by Crippen LogP contribution is -2.69. The van der Waals surface area contributed by atoms with Gasteiger partial charge in [-0.15, -0.1) is 0 Å². The summed E-state index contributed by atoms with van der Waals surface area (Å²) in [6.07, 6.45) is -0.244. The maximum absolute atomic E-state index is 13.2. The quantitative estimate of drug-likeness (QED) is 0.104. The third kappa shape index (κ3) is 9.61. The molecule has 0 fully saturated rings. The highest BCUT2D eigenvalue weighted by molar-refractivity contribution is 6.02. The first-order chi connectivity index (χ1) is 19.6. The predicted octanol–water partition coefficient (Wildman–Crippen LogP) is -2.89. The van der Waals surface area contributed by atoms with Gasteiger partial charge in [-0.1, -0.05) is 13.8 Å². The smallest absolute Gasteiger partial charge is 0.278 e. The second kappa shape index (κ2) is 15.0. The topological polar surface area (TPSA) is 257 Å². The monoisotopic (exact) mass is 592 g/mol. The molecule has 5 amide bonds. The molecule has 0 spiro atoms. The van der Waals surface area contributed by atoms with Gasteiger partial charge in [0.2, 0.25) is 17.7 Å². The summed E-state index contributed by atoms with van der Waals surface area (Å²) in [4.78, 5) is 73.3. The van der Waals surface area contributed by atoms with Crippen LogP contribution in [0.15, 0.2) is 12.1 Å². The van der Waals surface area contributed by atoms with E-state index < -0.39 is 53.8 Å². The number of ether oxygens (including phenoxy) is 1. The van der Waals surface area contributed by atoms with Crippen LogP contribution in [0.4, 0.5) is 0 Å². The highest BCUT2D eigenvalue weighted by atomic mass is 16.5. The predicted molar refractivity (Wildman–Crippen MR) is 145 cm³/mol. The number of phenolic OH excluding ortho intramolecular Hbond substituents is 1. The molecule has 10 N–H and O–H groups in total. The molecule has 0 saturated carbocycles. The standard InChI is InChI=1S/C27H40N6O9/c1-12(2)9-17(28)24(37)32-18(7-8-42-20-11-15(34)10-16-13(3)30-26(39)22(16)20)25(38)31-14(4)23(36)33-19(27(40)41)5-6-21(29)35/h10-14,17-19,34H,5-9,28H2,1-4H3,(H2,29,35)(H,30,39)(H,31,38)(H,32,37)(H,33,36)(H,40,41)/t13-,14+,17+,18-,19+/m1/s1. The second-order valence-electron chi connectivity index (χ2n) is 10.7. The van der Waals surface area contributed by atoms with E-state index in [4.69, 9.17) is 10.5 Å². The number of fused-ring (bicyclic) bond motifs is 1. The maximum atomic E-state index is 13.2. The number of hydrogen-bond donors (Lipinski definition) is 7. The Labute approximate surface area is 243 Å². The van der Waals surface area contributed by atoms with Crippen LogP contribution in [0.2, 0.25) is 0 Å². The zero-order valence-corrected chi connectivity index (χ0v) is 24.2. The number of benzene rings is 1. The molecule has 15 heteroatoms. The minimum atomic E-state index is -1.63. The maximum Gasteiger partial charge on any atom is 0.278 e. The molecular weight excluding hydrogens is 552 g/mol. The third-order valence-corrected chi connectivity index (χ3v) is 6.61. The van der Waals surface area contributed by atoms with E-state index in [2.05, 4.69) is 27.0 Å². The summed E-state index contributed by atoms with van der Waals surface area (Å²) in [5.41, 5.74) is 9.69. The van der Waals surface area contributed by atoms with Crippen LogP contribution in [0, 0.1) is 5.92 Å². The highest BCUT2D eigenvalue weighted by Crippen LogP contribution is 2.36. The van der Waals surface area contributed by atoms with Crippen molar-refractivity contribution in [1.82, 2.24) is 21.3 Å². The van der Waals surface area contributed by atoms with E-state index in [1.807, 2.05) is 13.8 Å². The van der Waals surface area contributed by atoms with Gasteiger partial charge in [-0.2, -0.15) is 0 Å². The summed E-state index contributed by atoms with van der Waals surface area (Å²) in [6, 6.07) is -2.23. The van der Waals surface area contributed by atoms with Crippen LogP contribution < -0.4 is 42.6 Å². The molecule has 0 aliphatic carbocycles. The van der Waals surface area contributed by atoms with Gasteiger partial charge in [0, 0.05) is 25.3 Å². The average molecular weight is 593 g/mol. The number of aliphatic carboxylic acids is 1. The number of amides is 5. The van der Waals surface area contributed by atoms with Crippen LogP contribution in [0.3, 0.4) is 0 Å². The van der Waals surface area contributed by atoms with Gasteiger partial charge in [0.1, 0.15) is 23.6 Å². The normalized spacial score (nSPS) is 16.8. The van der Waals surface area contributed by atoms with Crippen molar-refractivity contribution in [2.45, 2.75) is 83.6 Å². The van der Waals surface area contributed by atoms with Crippen LogP contribution in [0.1, 0.15) is 75.3 Å². The van der Waals surface area contributed by atoms with Crippen LogP contribution in [0.25, 0.3) is 0 Å². The highest BCUT2D eigenvalue weighted by Gasteiger charge is 2.31. The fourth-order valence-corrected chi connectivity index (χ4v) is 4.40. The van der Waals surface area contributed by atoms with E-state index in [1.54, 1.807) is 6.92 Å². The minimum Gasteiger partial charge on any atom is -0.548 e. The Balaban J connectivity index is 2.14. The number of carboxylic acids is 1. The number of aromatic hydroxyl groups is 1. The molecule has 5 atom stereocenters. The van der Waals surface area contributed by atoms with E-state index in [-0.39, 0.29) is 60.8 Å². The summed E-state index contributed by atoms with van der Waals surface area (Å²) >= 11 is 0. The number of carboxylic acid groups (broad SMARTS) is 1. The number of phenols is 1. The molecule has 1 aliphatic heterocycles. The Morgan fingerprint density at radius 1 is 1.05 bits per heavy atom. The Hall–Kier alpha value is -4.40. The molecule has 15 nitrogen and oxygen atoms in total. The Morgan fingerprint density at radius 3 is 2.29 bits per heavy atom. The van der Waals surface area contributed by atoms with Gasteiger partial charge in [0.15, 0.2) is 6.04 Å². The molecule has 1 aromatic carbocycles. The fourth-order valence-electron chi connectivity index (χ4n) is 4.40. The number of nitrogens with one attached hydrogen (secondary N) is 4. The number of carbonyl (C=O) groups is 6. The molecule has 1 heterocycles. The third-order valence-electron chi connectivity index (χ3n) is 6.61. The van der Waals surface area contributed by atoms with Gasteiger partial charge in [-0.05, 0) is 37.8 Å². The van der Waals surface area contributed by atoms with Crippen LogP contribution in [-0.2, 0) is 24.0 Å². The molecule has 0 unspecified atom stereocenters. The lowest BCUT2D eigenvalue weighted by atomic mass is 10.0. The largest absolute Gasteiger partial charge is 0.548 e. The number of carbonyl (C=O) groups excluding carboxylic acids is 6. The van der Waals surface area contributed by atoms with Crippen molar-refractivity contribution in [3.8, 4) is 11.5 Å². The zero-order valence-electron chi connectivity index (χ0n) is 24.2. The SMILES string of the molecule is CC(C)C[C@H]([NH3+])C(=O)N[C@H](CCOc1cc(O)cc2c1C(=O)N[C@@H]2C)C(=O)N[C@@H](C)C(=O)N[C@@H](CCC(N)=O)C(=O)[O-]. The number of nitrogens with two attached hydrogens (primary N) is 1. The molecule has 0 aromatic heterocycles. The number of hydrogen-bond acceptors (Lipinski definition) is 9. The van der Waals surface area contributed by atoms with Gasteiger partial charge in [0.05, 0.1) is 30.2 Å². The molecular formula is C27H40N6O9. The summed E-state index contributed by atoms with van der Waals surface area (Å²) < 4.78 is 5.76. The molecule has 2 rings (SSSR count). The molecule has 1 aromatic rings. The average Bonchev–Trinajstić information content (AvgIpc) is 3.17. The van der Waals surface area contributed by atoms with Crippen molar-refractivity contribution in [3.05, 3.63) is 23.3 Å². The Morgan fingerprint density at radius 2 is 1.69 bits per heavy atom. The van der Waals surface area contributed by atoms with E-state index in [9.17, 15) is 39.0 Å². The Kier molecular flexibility index (Phi) is 12.1.